The largest absolute Gasteiger partial charge is 0.320 e. The molecule has 0 radical (unpaired) electrons. The third-order valence-electron chi connectivity index (χ3n) is 5.31. The van der Waals surface area contributed by atoms with Gasteiger partial charge in [-0.05, 0) is 31.2 Å². The normalized spacial score (nSPS) is 11.1. The average molecular weight is 506 g/mol. The summed E-state index contributed by atoms with van der Waals surface area (Å²) in [6, 6.07) is 18.0. The first-order chi connectivity index (χ1) is 16.9. The summed E-state index contributed by atoms with van der Waals surface area (Å²) in [7, 11) is 1.85. The number of nitro groups is 1. The number of rotatable bonds is 7. The lowest BCUT2D eigenvalue weighted by Crippen LogP contribution is -2.15. The van der Waals surface area contributed by atoms with E-state index in [1.165, 1.54) is 23.9 Å². The van der Waals surface area contributed by atoms with Crippen LogP contribution >= 0.6 is 23.1 Å². The highest BCUT2D eigenvalue weighted by molar-refractivity contribution is 7.99. The number of nitrogens with zero attached hydrogens (tertiary/aromatic N) is 6. The van der Waals surface area contributed by atoms with E-state index in [9.17, 15) is 14.9 Å². The Morgan fingerprint density at radius 1 is 1.14 bits per heavy atom. The topological polar surface area (TPSA) is 121 Å². The van der Waals surface area contributed by atoms with Gasteiger partial charge in [0.15, 0.2) is 11.0 Å². The number of thioether (sulfide) groups is 1. The third-order valence-corrected chi connectivity index (χ3v) is 7.43. The van der Waals surface area contributed by atoms with Crippen LogP contribution < -0.4 is 5.32 Å². The maximum Gasteiger partial charge on any atom is 0.292 e. The molecule has 5 aromatic rings. The standard InChI is InChI=1S/C23H19N7O3S2/c1-14-16-12-19(35-22(16)29(27-14)15-8-4-3-5-9-15)21-25-26-23(28(21)2)34-13-20(31)24-17-10-6-7-11-18(17)30(32)33/h3-12H,13H2,1-2H3,(H,24,31). The molecule has 10 nitrogen and oxygen atoms in total. The van der Waals surface area contributed by atoms with Crippen molar-refractivity contribution in [1.29, 1.82) is 0 Å². The number of carbonyl (C=O) groups is 1. The van der Waals surface area contributed by atoms with Crippen molar-refractivity contribution in [2.75, 3.05) is 11.1 Å². The molecule has 0 fully saturated rings. The van der Waals surface area contributed by atoms with Crippen molar-refractivity contribution in [3.63, 3.8) is 0 Å². The molecule has 5 rings (SSSR count). The Kier molecular flexibility index (Phi) is 6.05. The van der Waals surface area contributed by atoms with Gasteiger partial charge >= 0.3 is 0 Å². The molecule has 12 heteroatoms. The number of amides is 1. The maximum atomic E-state index is 12.4. The van der Waals surface area contributed by atoms with Crippen LogP contribution in [0.5, 0.6) is 0 Å². The Labute approximate surface area is 207 Å². The number of nitro benzene ring substituents is 1. The van der Waals surface area contributed by atoms with Crippen LogP contribution in [0, 0.1) is 17.0 Å². The molecule has 176 valence electrons. The van der Waals surface area contributed by atoms with Crippen LogP contribution in [0.15, 0.2) is 65.8 Å². The van der Waals surface area contributed by atoms with Gasteiger partial charge in [-0.15, -0.1) is 21.5 Å². The molecular formula is C23H19N7O3S2. The summed E-state index contributed by atoms with van der Waals surface area (Å²) in [6.45, 7) is 1.98. The van der Waals surface area contributed by atoms with Gasteiger partial charge in [0.25, 0.3) is 5.69 Å². The molecule has 3 aromatic heterocycles. The van der Waals surface area contributed by atoms with Crippen LogP contribution in [0.2, 0.25) is 0 Å². The van der Waals surface area contributed by atoms with E-state index in [-0.39, 0.29) is 23.0 Å². The quantitative estimate of drug-likeness (QED) is 0.191. The zero-order chi connectivity index (χ0) is 24.5. The molecule has 35 heavy (non-hydrogen) atoms. The van der Waals surface area contributed by atoms with E-state index in [1.54, 1.807) is 23.5 Å². The fourth-order valence-corrected chi connectivity index (χ4v) is 5.53. The molecule has 3 heterocycles. The van der Waals surface area contributed by atoms with E-state index in [0.29, 0.717) is 11.0 Å². The number of hydrogen-bond acceptors (Lipinski definition) is 8. The SMILES string of the molecule is Cc1nn(-c2ccccc2)c2sc(-c3nnc(SCC(=O)Nc4ccccc4[N+](=O)[O-])n3C)cc12. The van der Waals surface area contributed by atoms with Crippen molar-refractivity contribution in [3.8, 4) is 16.4 Å². The number of para-hydroxylation sites is 3. The molecule has 0 bridgehead atoms. The number of nitrogens with one attached hydrogen (secondary N) is 1. The van der Waals surface area contributed by atoms with E-state index in [2.05, 4.69) is 26.7 Å². The van der Waals surface area contributed by atoms with Gasteiger partial charge < -0.3 is 9.88 Å². The minimum Gasteiger partial charge on any atom is -0.320 e. The molecule has 0 spiro atoms. The number of carbonyl (C=O) groups excluding carboxylic acids is 1. The fourth-order valence-electron chi connectivity index (χ4n) is 3.61. The molecular weight excluding hydrogens is 486 g/mol. The van der Waals surface area contributed by atoms with Gasteiger partial charge in [0.05, 0.1) is 26.9 Å². The Morgan fingerprint density at radius 2 is 1.89 bits per heavy atom. The molecule has 0 unspecified atom stereocenters. The van der Waals surface area contributed by atoms with Crippen LogP contribution in [0.25, 0.3) is 26.6 Å². The number of hydrogen-bond donors (Lipinski definition) is 1. The summed E-state index contributed by atoms with van der Waals surface area (Å²) in [5, 5.41) is 28.6. The molecule has 1 amide bonds. The minimum absolute atomic E-state index is 0.0342. The summed E-state index contributed by atoms with van der Waals surface area (Å²) in [5.74, 6) is 0.355. The Morgan fingerprint density at radius 3 is 2.66 bits per heavy atom. The second-order valence-electron chi connectivity index (χ2n) is 7.64. The van der Waals surface area contributed by atoms with Gasteiger partial charge in [-0.3, -0.25) is 14.9 Å². The number of aromatic nitrogens is 5. The van der Waals surface area contributed by atoms with E-state index < -0.39 is 4.92 Å². The number of fused-ring (bicyclic) bond motifs is 1. The zero-order valence-corrected chi connectivity index (χ0v) is 20.3. The summed E-state index contributed by atoms with van der Waals surface area (Å²) in [4.78, 5) is 25.0. The first kappa shape index (κ1) is 22.7. The summed E-state index contributed by atoms with van der Waals surface area (Å²) >= 11 is 2.79. The zero-order valence-electron chi connectivity index (χ0n) is 18.7. The van der Waals surface area contributed by atoms with Crippen molar-refractivity contribution in [3.05, 3.63) is 76.5 Å². The van der Waals surface area contributed by atoms with E-state index in [4.69, 9.17) is 0 Å². The van der Waals surface area contributed by atoms with Gasteiger partial charge in [0.2, 0.25) is 5.91 Å². The van der Waals surface area contributed by atoms with Crippen LogP contribution in [0.3, 0.4) is 0 Å². The maximum absolute atomic E-state index is 12.4. The highest BCUT2D eigenvalue weighted by Crippen LogP contribution is 2.36. The van der Waals surface area contributed by atoms with Gasteiger partial charge in [-0.1, -0.05) is 42.1 Å². The number of aryl methyl sites for hydroxylation is 1. The lowest BCUT2D eigenvalue weighted by molar-refractivity contribution is -0.383. The van der Waals surface area contributed by atoms with Crippen molar-refractivity contribution in [1.82, 2.24) is 24.5 Å². The van der Waals surface area contributed by atoms with Crippen molar-refractivity contribution < 1.29 is 9.72 Å². The number of anilines is 1. The Balaban J connectivity index is 1.34. The number of benzene rings is 2. The third kappa shape index (κ3) is 4.40. The van der Waals surface area contributed by atoms with Crippen molar-refractivity contribution in [2.24, 2.45) is 7.05 Å². The van der Waals surface area contributed by atoms with Gasteiger partial charge in [0, 0.05) is 18.5 Å². The van der Waals surface area contributed by atoms with Crippen LogP contribution in [-0.4, -0.2) is 41.1 Å². The molecule has 1 N–H and O–H groups in total. The van der Waals surface area contributed by atoms with E-state index in [1.807, 2.05) is 53.6 Å². The Bertz CT molecular complexity index is 1560. The minimum atomic E-state index is -0.526. The molecule has 0 atom stereocenters. The first-order valence-electron chi connectivity index (χ1n) is 10.5. The number of thiophene rings is 1. The highest BCUT2D eigenvalue weighted by Gasteiger charge is 2.20. The molecule has 0 saturated carbocycles. The molecule has 2 aromatic carbocycles. The van der Waals surface area contributed by atoms with Gasteiger partial charge in [-0.2, -0.15) is 5.10 Å². The summed E-state index contributed by atoms with van der Waals surface area (Å²) < 4.78 is 3.77. The predicted octanol–water partition coefficient (Wildman–Crippen LogP) is 4.83. The lowest BCUT2D eigenvalue weighted by atomic mass is 10.2. The molecule has 0 saturated heterocycles. The lowest BCUT2D eigenvalue weighted by Gasteiger charge is -2.06. The second kappa shape index (κ2) is 9.31. The summed E-state index contributed by atoms with van der Waals surface area (Å²) in [6.07, 6.45) is 0. The second-order valence-corrected chi connectivity index (χ2v) is 9.61. The van der Waals surface area contributed by atoms with Crippen LogP contribution in [-0.2, 0) is 11.8 Å². The predicted molar refractivity (Wildman–Crippen MR) is 136 cm³/mol. The van der Waals surface area contributed by atoms with Crippen molar-refractivity contribution >= 4 is 50.6 Å². The first-order valence-corrected chi connectivity index (χ1v) is 12.3. The Hall–Kier alpha value is -4.03. The van der Waals surface area contributed by atoms with Crippen LogP contribution in [0.1, 0.15) is 5.69 Å². The monoisotopic (exact) mass is 505 g/mol. The summed E-state index contributed by atoms with van der Waals surface area (Å²) in [5.41, 5.74) is 1.92. The van der Waals surface area contributed by atoms with Crippen LogP contribution in [0.4, 0.5) is 11.4 Å². The van der Waals surface area contributed by atoms with E-state index in [0.717, 1.165) is 26.5 Å². The smallest absolute Gasteiger partial charge is 0.292 e. The molecule has 0 aliphatic heterocycles. The van der Waals surface area contributed by atoms with Crippen molar-refractivity contribution in [2.45, 2.75) is 12.1 Å². The average Bonchev–Trinajstić information content (AvgIpc) is 3.53. The highest BCUT2D eigenvalue weighted by atomic mass is 32.2. The van der Waals surface area contributed by atoms with Gasteiger partial charge in [-0.25, -0.2) is 4.68 Å². The van der Waals surface area contributed by atoms with E-state index >= 15 is 0 Å². The molecule has 0 aliphatic carbocycles. The molecule has 0 aliphatic rings. The fraction of sp³-hybridized carbons (Fsp3) is 0.130. The van der Waals surface area contributed by atoms with Gasteiger partial charge in [0.1, 0.15) is 10.5 Å².